The number of ether oxygens (including phenoxy) is 2. The molecule has 3 heterocycles. The van der Waals surface area contributed by atoms with Gasteiger partial charge in [0.25, 0.3) is 11.8 Å². The Bertz CT molecular complexity index is 1040. The molecule has 3 amide bonds. The van der Waals surface area contributed by atoms with E-state index in [0.717, 1.165) is 23.7 Å². The van der Waals surface area contributed by atoms with Gasteiger partial charge in [-0.25, -0.2) is 0 Å². The fourth-order valence-corrected chi connectivity index (χ4v) is 5.61. The highest BCUT2D eigenvalue weighted by Gasteiger charge is 2.34. The Morgan fingerprint density at radius 3 is 2.53 bits per heavy atom. The molecule has 0 bridgehead atoms. The second-order valence-corrected chi connectivity index (χ2v) is 9.36. The summed E-state index contributed by atoms with van der Waals surface area (Å²) in [6.07, 6.45) is 1.67. The molecule has 3 aliphatic heterocycles. The van der Waals surface area contributed by atoms with Gasteiger partial charge >= 0.3 is 0 Å². The Kier molecular flexibility index (Phi) is 5.78. The van der Waals surface area contributed by atoms with Crippen molar-refractivity contribution < 1.29 is 23.9 Å². The first-order chi connectivity index (χ1) is 15.6. The van der Waals surface area contributed by atoms with Gasteiger partial charge in [0.05, 0.1) is 11.1 Å². The Hall–Kier alpha value is -3.00. The fraction of sp³-hybridized carbons (Fsp3) is 0.375. The number of thioether (sulfide) groups is 1. The smallest absolute Gasteiger partial charge is 0.261 e. The molecule has 1 fully saturated rings. The van der Waals surface area contributed by atoms with Crippen molar-refractivity contribution in [3.63, 3.8) is 0 Å². The summed E-state index contributed by atoms with van der Waals surface area (Å²) in [5, 5.41) is 0.306. The summed E-state index contributed by atoms with van der Waals surface area (Å²) in [6.45, 7) is 1.93. The van der Waals surface area contributed by atoms with E-state index in [4.69, 9.17) is 9.47 Å². The van der Waals surface area contributed by atoms with Gasteiger partial charge < -0.3 is 14.4 Å². The summed E-state index contributed by atoms with van der Waals surface area (Å²) < 4.78 is 10.9. The number of hydrogen-bond donors (Lipinski definition) is 0. The largest absolute Gasteiger partial charge is 0.454 e. The SMILES string of the molecule is O=C(CCCN1C(=O)c2ccccc2C1=O)N1CCSC(c2ccc3c(c2)OCO3)CC1. The minimum Gasteiger partial charge on any atom is -0.454 e. The van der Waals surface area contributed by atoms with Crippen LogP contribution in [0.4, 0.5) is 0 Å². The third-order valence-corrected chi connectivity index (χ3v) is 7.44. The summed E-state index contributed by atoms with van der Waals surface area (Å²) in [6, 6.07) is 12.9. The minimum atomic E-state index is -0.268. The van der Waals surface area contributed by atoms with E-state index in [1.54, 1.807) is 24.3 Å². The number of fused-ring (bicyclic) bond motifs is 2. The number of carbonyl (C=O) groups excluding carboxylic acids is 3. The van der Waals surface area contributed by atoms with Crippen LogP contribution in [0.1, 0.15) is 50.8 Å². The van der Waals surface area contributed by atoms with Gasteiger partial charge in [-0.15, -0.1) is 0 Å². The molecule has 0 saturated carbocycles. The number of rotatable bonds is 5. The maximum Gasteiger partial charge on any atom is 0.261 e. The number of hydrogen-bond acceptors (Lipinski definition) is 6. The average molecular weight is 453 g/mol. The molecule has 0 N–H and O–H groups in total. The number of benzene rings is 2. The topological polar surface area (TPSA) is 76.2 Å². The van der Waals surface area contributed by atoms with Gasteiger partial charge in [0.15, 0.2) is 11.5 Å². The van der Waals surface area contributed by atoms with Crippen molar-refractivity contribution in [3.05, 3.63) is 59.2 Å². The van der Waals surface area contributed by atoms with Crippen molar-refractivity contribution in [1.29, 1.82) is 0 Å². The monoisotopic (exact) mass is 452 g/mol. The number of imide groups is 1. The highest BCUT2D eigenvalue weighted by atomic mass is 32.2. The molecule has 1 unspecified atom stereocenters. The van der Waals surface area contributed by atoms with Crippen LogP contribution < -0.4 is 9.47 Å². The quantitative estimate of drug-likeness (QED) is 0.647. The summed E-state index contributed by atoms with van der Waals surface area (Å²) in [7, 11) is 0. The predicted molar refractivity (Wildman–Crippen MR) is 120 cm³/mol. The molecule has 1 atom stereocenters. The molecule has 7 nitrogen and oxygen atoms in total. The molecule has 0 radical (unpaired) electrons. The van der Waals surface area contributed by atoms with Gasteiger partial charge in [-0.05, 0) is 42.7 Å². The van der Waals surface area contributed by atoms with E-state index in [9.17, 15) is 14.4 Å². The van der Waals surface area contributed by atoms with Crippen molar-refractivity contribution in [1.82, 2.24) is 9.80 Å². The fourth-order valence-electron chi connectivity index (χ4n) is 4.39. The highest BCUT2D eigenvalue weighted by Crippen LogP contribution is 2.40. The van der Waals surface area contributed by atoms with E-state index in [1.807, 2.05) is 28.8 Å². The van der Waals surface area contributed by atoms with E-state index >= 15 is 0 Å². The Labute approximate surface area is 190 Å². The number of amides is 3. The first kappa shape index (κ1) is 20.9. The van der Waals surface area contributed by atoms with Crippen LogP contribution in [0.3, 0.4) is 0 Å². The van der Waals surface area contributed by atoms with Gasteiger partial charge in [0, 0.05) is 37.1 Å². The lowest BCUT2D eigenvalue weighted by Crippen LogP contribution is -2.35. The summed E-state index contributed by atoms with van der Waals surface area (Å²) in [4.78, 5) is 40.9. The molecule has 0 aliphatic carbocycles. The molecule has 2 aromatic carbocycles. The molecular weight excluding hydrogens is 428 g/mol. The van der Waals surface area contributed by atoms with Gasteiger partial charge in [0.1, 0.15) is 0 Å². The Balaban J connectivity index is 1.13. The normalized spacial score (nSPS) is 19.8. The number of nitrogens with zero attached hydrogens (tertiary/aromatic N) is 2. The van der Waals surface area contributed by atoms with E-state index in [2.05, 4.69) is 6.07 Å². The van der Waals surface area contributed by atoms with Crippen LogP contribution in [0.2, 0.25) is 0 Å². The van der Waals surface area contributed by atoms with Crippen LogP contribution in [0.5, 0.6) is 11.5 Å². The zero-order valence-electron chi connectivity index (χ0n) is 17.6. The van der Waals surface area contributed by atoms with Crippen LogP contribution in [-0.4, -0.2) is 59.7 Å². The van der Waals surface area contributed by atoms with Crippen molar-refractivity contribution >= 4 is 29.5 Å². The molecule has 166 valence electrons. The molecule has 8 heteroatoms. The van der Waals surface area contributed by atoms with E-state index < -0.39 is 0 Å². The van der Waals surface area contributed by atoms with Gasteiger partial charge in [-0.1, -0.05) is 18.2 Å². The van der Waals surface area contributed by atoms with Crippen LogP contribution >= 0.6 is 11.8 Å². The standard InChI is InChI=1S/C24H24N2O5S/c27-22(6-3-10-26-23(28)17-4-1-2-5-18(17)24(26)29)25-11-9-21(32-13-12-25)16-7-8-19-20(14-16)31-15-30-19/h1-2,4-5,7-8,14,21H,3,6,9-13,15H2. The predicted octanol–water partition coefficient (Wildman–Crippen LogP) is 3.50. The lowest BCUT2D eigenvalue weighted by atomic mass is 10.1. The van der Waals surface area contributed by atoms with E-state index in [0.29, 0.717) is 42.3 Å². The Morgan fingerprint density at radius 2 is 1.75 bits per heavy atom. The molecule has 0 spiro atoms. The summed E-state index contributed by atoms with van der Waals surface area (Å²) in [5.74, 6) is 1.97. The van der Waals surface area contributed by atoms with Crippen molar-refractivity contribution in [3.8, 4) is 11.5 Å². The highest BCUT2D eigenvalue weighted by molar-refractivity contribution is 7.99. The first-order valence-corrected chi connectivity index (χ1v) is 11.9. The third-order valence-electron chi connectivity index (χ3n) is 6.11. The maximum absolute atomic E-state index is 12.8. The summed E-state index contributed by atoms with van der Waals surface area (Å²) >= 11 is 1.85. The lowest BCUT2D eigenvalue weighted by Gasteiger charge is -2.21. The Morgan fingerprint density at radius 1 is 1.00 bits per heavy atom. The van der Waals surface area contributed by atoms with E-state index in [1.165, 1.54) is 10.5 Å². The molecule has 32 heavy (non-hydrogen) atoms. The third kappa shape index (κ3) is 3.95. The number of carbonyl (C=O) groups is 3. The van der Waals surface area contributed by atoms with E-state index in [-0.39, 0.29) is 31.1 Å². The molecule has 3 aliphatic rings. The second kappa shape index (κ2) is 8.86. The maximum atomic E-state index is 12.8. The van der Waals surface area contributed by atoms with Crippen molar-refractivity contribution in [2.75, 3.05) is 32.2 Å². The lowest BCUT2D eigenvalue weighted by molar-refractivity contribution is -0.131. The second-order valence-electron chi connectivity index (χ2n) is 8.05. The molecule has 0 aromatic heterocycles. The first-order valence-electron chi connectivity index (χ1n) is 10.9. The molecule has 5 rings (SSSR count). The average Bonchev–Trinajstić information content (AvgIpc) is 3.26. The van der Waals surface area contributed by atoms with Crippen molar-refractivity contribution in [2.24, 2.45) is 0 Å². The van der Waals surface area contributed by atoms with Gasteiger partial charge in [0.2, 0.25) is 12.7 Å². The van der Waals surface area contributed by atoms with Crippen LogP contribution in [0.25, 0.3) is 0 Å². The zero-order chi connectivity index (χ0) is 22.1. The van der Waals surface area contributed by atoms with Gasteiger partial charge in [-0.3, -0.25) is 19.3 Å². The molecular formula is C24H24N2O5S. The summed E-state index contributed by atoms with van der Waals surface area (Å²) in [5.41, 5.74) is 2.09. The van der Waals surface area contributed by atoms with Crippen LogP contribution in [-0.2, 0) is 4.79 Å². The molecule has 2 aromatic rings. The minimum absolute atomic E-state index is 0.0774. The molecule has 1 saturated heterocycles. The van der Waals surface area contributed by atoms with Crippen molar-refractivity contribution in [2.45, 2.75) is 24.5 Å². The van der Waals surface area contributed by atoms with Crippen LogP contribution in [0.15, 0.2) is 42.5 Å². The zero-order valence-corrected chi connectivity index (χ0v) is 18.4. The van der Waals surface area contributed by atoms with Crippen LogP contribution in [0, 0.1) is 0 Å². The van der Waals surface area contributed by atoms with Gasteiger partial charge in [-0.2, -0.15) is 11.8 Å².